The Hall–Kier alpha value is -1.74. The van der Waals surface area contributed by atoms with Gasteiger partial charge in [-0.2, -0.15) is 18.4 Å². The van der Waals surface area contributed by atoms with E-state index < -0.39 is 11.7 Å². The molecule has 0 aromatic heterocycles. The van der Waals surface area contributed by atoms with Gasteiger partial charge in [0.25, 0.3) is 0 Å². The summed E-state index contributed by atoms with van der Waals surface area (Å²) in [6.45, 7) is 0. The molecule has 2 unspecified atom stereocenters. The molecule has 1 aromatic rings. The van der Waals surface area contributed by atoms with E-state index in [4.69, 9.17) is 11.0 Å². The third-order valence-corrected chi connectivity index (χ3v) is 3.29. The Morgan fingerprint density at radius 3 is 2.58 bits per heavy atom. The second-order valence-electron chi connectivity index (χ2n) is 4.78. The number of hydrogen-bond donors (Lipinski definition) is 2. The molecule has 0 aliphatic heterocycles. The van der Waals surface area contributed by atoms with E-state index in [-0.39, 0.29) is 23.3 Å². The zero-order valence-electron chi connectivity index (χ0n) is 10.2. The van der Waals surface area contributed by atoms with E-state index in [0.717, 1.165) is 18.9 Å². The molecule has 0 spiro atoms. The van der Waals surface area contributed by atoms with Crippen LogP contribution in [0.15, 0.2) is 18.2 Å². The molecule has 6 heteroatoms. The average molecular weight is 269 g/mol. The van der Waals surface area contributed by atoms with Crippen LogP contribution in [0.1, 0.15) is 30.4 Å². The van der Waals surface area contributed by atoms with Gasteiger partial charge in [0.05, 0.1) is 17.2 Å². The first kappa shape index (κ1) is 13.7. The highest BCUT2D eigenvalue weighted by Gasteiger charge is 2.35. The molecule has 19 heavy (non-hydrogen) atoms. The second-order valence-corrected chi connectivity index (χ2v) is 4.78. The Bertz CT molecular complexity index is 505. The highest BCUT2D eigenvalue weighted by atomic mass is 19.4. The molecule has 2 rings (SSSR count). The molecule has 2 atom stereocenters. The van der Waals surface area contributed by atoms with Crippen LogP contribution in [0, 0.1) is 11.3 Å². The van der Waals surface area contributed by atoms with E-state index in [9.17, 15) is 13.2 Å². The number of halogens is 3. The van der Waals surface area contributed by atoms with Crippen molar-refractivity contribution in [2.45, 2.75) is 37.5 Å². The maximum absolute atomic E-state index is 12.9. The summed E-state index contributed by atoms with van der Waals surface area (Å²) in [6.07, 6.45) is -2.24. The Morgan fingerprint density at radius 2 is 2.05 bits per heavy atom. The van der Waals surface area contributed by atoms with Crippen LogP contribution in [-0.4, -0.2) is 12.1 Å². The number of nitrogens with two attached hydrogens (primary N) is 1. The fourth-order valence-electron chi connectivity index (χ4n) is 2.34. The van der Waals surface area contributed by atoms with Gasteiger partial charge in [0.1, 0.15) is 0 Å². The molecule has 3 N–H and O–H groups in total. The van der Waals surface area contributed by atoms with Crippen molar-refractivity contribution < 1.29 is 13.2 Å². The minimum atomic E-state index is -4.48. The van der Waals surface area contributed by atoms with Crippen LogP contribution in [0.2, 0.25) is 0 Å². The average Bonchev–Trinajstić information content (AvgIpc) is 2.74. The van der Waals surface area contributed by atoms with Gasteiger partial charge in [0.15, 0.2) is 0 Å². The van der Waals surface area contributed by atoms with Gasteiger partial charge in [-0.1, -0.05) is 0 Å². The largest absolute Gasteiger partial charge is 0.418 e. The fourth-order valence-corrected chi connectivity index (χ4v) is 2.34. The van der Waals surface area contributed by atoms with E-state index in [0.29, 0.717) is 6.42 Å². The lowest BCUT2D eigenvalue weighted by atomic mass is 10.1. The number of nitriles is 1. The Kier molecular flexibility index (Phi) is 3.67. The number of hydrogen-bond acceptors (Lipinski definition) is 3. The van der Waals surface area contributed by atoms with Crippen molar-refractivity contribution in [3.8, 4) is 6.07 Å². The molecule has 0 heterocycles. The van der Waals surface area contributed by atoms with Gasteiger partial charge in [-0.05, 0) is 37.5 Å². The molecule has 0 bridgehead atoms. The van der Waals surface area contributed by atoms with Gasteiger partial charge in [0, 0.05) is 17.8 Å². The monoisotopic (exact) mass is 269 g/mol. The number of benzene rings is 1. The van der Waals surface area contributed by atoms with Crippen LogP contribution in [0.5, 0.6) is 0 Å². The molecule has 3 nitrogen and oxygen atoms in total. The first-order chi connectivity index (χ1) is 8.90. The van der Waals surface area contributed by atoms with Crippen molar-refractivity contribution in [1.29, 1.82) is 5.26 Å². The van der Waals surface area contributed by atoms with Gasteiger partial charge in [0.2, 0.25) is 0 Å². The van der Waals surface area contributed by atoms with E-state index in [1.54, 1.807) is 6.07 Å². The van der Waals surface area contributed by atoms with Crippen molar-refractivity contribution >= 4 is 5.69 Å². The molecule has 1 aliphatic rings. The number of rotatable bonds is 2. The summed E-state index contributed by atoms with van der Waals surface area (Å²) in [5.74, 6) is 0. The zero-order chi connectivity index (χ0) is 14.0. The lowest BCUT2D eigenvalue weighted by Gasteiger charge is -2.19. The maximum Gasteiger partial charge on any atom is 0.418 e. The molecule has 0 saturated heterocycles. The van der Waals surface area contributed by atoms with Gasteiger partial charge in [-0.15, -0.1) is 0 Å². The minimum absolute atomic E-state index is 0.000924. The van der Waals surface area contributed by atoms with Crippen LogP contribution in [-0.2, 0) is 6.18 Å². The van der Waals surface area contributed by atoms with Crippen molar-refractivity contribution in [3.63, 3.8) is 0 Å². The van der Waals surface area contributed by atoms with E-state index in [1.807, 2.05) is 0 Å². The summed E-state index contributed by atoms with van der Waals surface area (Å²) in [5, 5.41) is 11.6. The second kappa shape index (κ2) is 5.10. The first-order valence-corrected chi connectivity index (χ1v) is 6.03. The summed E-state index contributed by atoms with van der Waals surface area (Å²) < 4.78 is 38.8. The molecule has 102 valence electrons. The van der Waals surface area contributed by atoms with E-state index >= 15 is 0 Å². The summed E-state index contributed by atoms with van der Waals surface area (Å²) in [6, 6.07) is 5.29. The van der Waals surface area contributed by atoms with Crippen molar-refractivity contribution in [2.75, 3.05) is 5.32 Å². The van der Waals surface area contributed by atoms with Crippen LogP contribution in [0.4, 0.5) is 18.9 Å². The van der Waals surface area contributed by atoms with Crippen LogP contribution >= 0.6 is 0 Å². The molecule has 0 radical (unpaired) electrons. The number of anilines is 1. The third kappa shape index (κ3) is 3.18. The van der Waals surface area contributed by atoms with Crippen molar-refractivity contribution in [3.05, 3.63) is 29.3 Å². The van der Waals surface area contributed by atoms with Gasteiger partial charge in [-0.3, -0.25) is 0 Å². The quantitative estimate of drug-likeness (QED) is 0.867. The highest BCUT2D eigenvalue weighted by Crippen LogP contribution is 2.36. The number of alkyl halides is 3. The van der Waals surface area contributed by atoms with Crippen LogP contribution in [0.25, 0.3) is 0 Å². The third-order valence-electron chi connectivity index (χ3n) is 3.29. The van der Waals surface area contributed by atoms with Gasteiger partial charge >= 0.3 is 6.18 Å². The predicted octanol–water partition coefficient (Wildman–Crippen LogP) is 2.87. The summed E-state index contributed by atoms with van der Waals surface area (Å²) >= 11 is 0. The number of nitrogens with one attached hydrogen (secondary N) is 1. The lowest BCUT2D eigenvalue weighted by molar-refractivity contribution is -0.137. The molecule has 1 aliphatic carbocycles. The Morgan fingerprint density at radius 1 is 1.32 bits per heavy atom. The van der Waals surface area contributed by atoms with Crippen LogP contribution < -0.4 is 11.1 Å². The Balaban J connectivity index is 2.27. The fraction of sp³-hybridized carbons (Fsp3) is 0.462. The highest BCUT2D eigenvalue weighted by molar-refractivity contribution is 5.56. The van der Waals surface area contributed by atoms with E-state index in [2.05, 4.69) is 5.32 Å². The van der Waals surface area contributed by atoms with Gasteiger partial charge < -0.3 is 11.1 Å². The predicted molar refractivity (Wildman–Crippen MR) is 65.4 cm³/mol. The molecule has 0 amide bonds. The summed E-state index contributed by atoms with van der Waals surface area (Å²) in [5.41, 5.74) is 4.96. The molecule has 1 aromatic carbocycles. The van der Waals surface area contributed by atoms with E-state index in [1.165, 1.54) is 12.1 Å². The first-order valence-electron chi connectivity index (χ1n) is 6.03. The van der Waals surface area contributed by atoms with Crippen molar-refractivity contribution in [1.82, 2.24) is 0 Å². The number of nitrogens with zero attached hydrogens (tertiary/aromatic N) is 1. The lowest BCUT2D eigenvalue weighted by Crippen LogP contribution is -2.22. The maximum atomic E-state index is 12.9. The van der Waals surface area contributed by atoms with Crippen LogP contribution in [0.3, 0.4) is 0 Å². The van der Waals surface area contributed by atoms with Crippen molar-refractivity contribution in [2.24, 2.45) is 5.73 Å². The topological polar surface area (TPSA) is 61.8 Å². The Labute approximate surface area is 109 Å². The van der Waals surface area contributed by atoms with Gasteiger partial charge in [-0.25, -0.2) is 0 Å². The SMILES string of the molecule is N#Cc1ccc(NC2CCC(N)C2)c(C(F)(F)F)c1. The normalized spacial score (nSPS) is 23.1. The summed E-state index contributed by atoms with van der Waals surface area (Å²) in [7, 11) is 0. The molecule has 1 fully saturated rings. The molecule has 1 saturated carbocycles. The molecular formula is C13H14F3N3. The zero-order valence-corrected chi connectivity index (χ0v) is 10.2. The minimum Gasteiger partial charge on any atom is -0.382 e. The smallest absolute Gasteiger partial charge is 0.382 e. The molecular weight excluding hydrogens is 255 g/mol. The summed E-state index contributed by atoms with van der Waals surface area (Å²) in [4.78, 5) is 0. The standard InChI is InChI=1S/C13H14F3N3/c14-13(15,16)11-5-8(7-17)1-4-12(11)19-10-3-2-9(18)6-10/h1,4-5,9-10,19H,2-3,6,18H2.